The molecule has 1 aromatic rings. The molecule has 2 heterocycles. The second kappa shape index (κ2) is 7.43. The molecule has 1 aliphatic heterocycles. The Morgan fingerprint density at radius 1 is 1.26 bits per heavy atom. The number of ether oxygens (including phenoxy) is 2. The first-order valence-corrected chi connectivity index (χ1v) is 7.96. The zero-order valence-electron chi connectivity index (χ0n) is 13.2. The summed E-state index contributed by atoms with van der Waals surface area (Å²) in [5.41, 5.74) is 1.62. The van der Waals surface area contributed by atoms with E-state index in [4.69, 9.17) is 9.47 Å². The van der Waals surface area contributed by atoms with Crippen molar-refractivity contribution in [2.24, 2.45) is 0 Å². The molecule has 0 spiro atoms. The number of rotatable bonds is 6. The number of aliphatic carboxylic acids is 1. The lowest BCUT2D eigenvalue weighted by Crippen LogP contribution is -2.31. The number of esters is 1. The van der Waals surface area contributed by atoms with Crippen molar-refractivity contribution in [2.75, 3.05) is 20.3 Å². The van der Waals surface area contributed by atoms with Crippen LogP contribution in [-0.2, 0) is 19.1 Å². The van der Waals surface area contributed by atoms with E-state index < -0.39 is 17.9 Å². The van der Waals surface area contributed by atoms with Gasteiger partial charge >= 0.3 is 11.9 Å². The van der Waals surface area contributed by atoms with Crippen LogP contribution in [0.5, 0.6) is 0 Å². The number of carbonyl (C=O) groups is 2. The van der Waals surface area contributed by atoms with Gasteiger partial charge in [-0.05, 0) is 25.3 Å². The van der Waals surface area contributed by atoms with Gasteiger partial charge in [-0.1, -0.05) is 6.07 Å². The number of methoxy groups -OCH3 is 1. The predicted octanol–water partition coefficient (Wildman–Crippen LogP) is 2.26. The van der Waals surface area contributed by atoms with Crippen LogP contribution in [-0.4, -0.2) is 37.4 Å². The third-order valence-corrected chi connectivity index (χ3v) is 4.50. The molecule has 0 bridgehead atoms. The summed E-state index contributed by atoms with van der Waals surface area (Å²) in [5, 5.41) is 14.4. The van der Waals surface area contributed by atoms with Crippen molar-refractivity contribution >= 4 is 23.3 Å². The number of allylic oxidation sites excluding steroid dienone is 2. The lowest BCUT2D eigenvalue weighted by atomic mass is 9.84. The van der Waals surface area contributed by atoms with Crippen molar-refractivity contribution in [3.63, 3.8) is 0 Å². The first kappa shape index (κ1) is 17.2. The SMILES string of the molecule is COCCOC(=O)C1=C(C)NC(C)=C(C(=O)O)C1c1cccs1. The van der Waals surface area contributed by atoms with Crippen LogP contribution >= 0.6 is 11.3 Å². The van der Waals surface area contributed by atoms with Crippen LogP contribution in [0.25, 0.3) is 0 Å². The zero-order chi connectivity index (χ0) is 17.0. The molecule has 1 atom stereocenters. The summed E-state index contributed by atoms with van der Waals surface area (Å²) in [7, 11) is 1.52. The maximum Gasteiger partial charge on any atom is 0.336 e. The number of nitrogens with one attached hydrogen (secondary N) is 1. The fourth-order valence-corrected chi connectivity index (χ4v) is 3.43. The van der Waals surface area contributed by atoms with Crippen molar-refractivity contribution < 1.29 is 24.2 Å². The van der Waals surface area contributed by atoms with Crippen LogP contribution in [0.1, 0.15) is 24.6 Å². The second-order valence-corrected chi connectivity index (χ2v) is 6.06. The highest BCUT2D eigenvalue weighted by atomic mass is 32.1. The second-order valence-electron chi connectivity index (χ2n) is 5.08. The van der Waals surface area contributed by atoms with E-state index in [2.05, 4.69) is 5.32 Å². The fourth-order valence-electron chi connectivity index (χ4n) is 2.58. The first-order valence-electron chi connectivity index (χ1n) is 7.08. The molecular formula is C16H19NO5S. The molecule has 7 heteroatoms. The minimum Gasteiger partial charge on any atom is -0.478 e. The standard InChI is InChI=1S/C16H19NO5S/c1-9-12(15(18)19)14(11-5-4-8-23-11)13(10(2)17-9)16(20)22-7-6-21-3/h4-5,8,14,17H,6-7H2,1-3H3,(H,18,19). The smallest absolute Gasteiger partial charge is 0.336 e. The monoisotopic (exact) mass is 337 g/mol. The molecule has 124 valence electrons. The van der Waals surface area contributed by atoms with E-state index in [-0.39, 0.29) is 18.8 Å². The van der Waals surface area contributed by atoms with Gasteiger partial charge in [-0.15, -0.1) is 11.3 Å². The van der Waals surface area contributed by atoms with Gasteiger partial charge in [0.15, 0.2) is 0 Å². The fraction of sp³-hybridized carbons (Fsp3) is 0.375. The summed E-state index contributed by atoms with van der Waals surface area (Å²) >= 11 is 1.41. The Morgan fingerprint density at radius 2 is 1.96 bits per heavy atom. The Hall–Kier alpha value is -2.12. The Labute approximate surface area is 138 Å². The number of hydrogen-bond acceptors (Lipinski definition) is 6. The third-order valence-electron chi connectivity index (χ3n) is 3.56. The van der Waals surface area contributed by atoms with E-state index in [0.29, 0.717) is 17.0 Å². The van der Waals surface area contributed by atoms with Crippen LogP contribution < -0.4 is 5.32 Å². The van der Waals surface area contributed by atoms with Crippen molar-refractivity contribution in [1.29, 1.82) is 0 Å². The summed E-state index contributed by atoms with van der Waals surface area (Å²) in [6, 6.07) is 3.66. The number of thiophene rings is 1. The predicted molar refractivity (Wildman–Crippen MR) is 86.1 cm³/mol. The van der Waals surface area contributed by atoms with Gasteiger partial charge in [0.25, 0.3) is 0 Å². The highest BCUT2D eigenvalue weighted by molar-refractivity contribution is 7.10. The summed E-state index contributed by atoms with van der Waals surface area (Å²) < 4.78 is 10.1. The van der Waals surface area contributed by atoms with E-state index in [1.54, 1.807) is 13.8 Å². The van der Waals surface area contributed by atoms with Crippen LogP contribution in [0.4, 0.5) is 0 Å². The molecule has 2 rings (SSSR count). The molecule has 1 unspecified atom stereocenters. The molecule has 1 aliphatic rings. The van der Waals surface area contributed by atoms with Crippen molar-refractivity contribution in [3.8, 4) is 0 Å². The summed E-state index contributed by atoms with van der Waals surface area (Å²) in [6.07, 6.45) is 0. The largest absolute Gasteiger partial charge is 0.478 e. The van der Waals surface area contributed by atoms with Gasteiger partial charge in [-0.25, -0.2) is 9.59 Å². The van der Waals surface area contributed by atoms with Crippen LogP contribution in [0, 0.1) is 0 Å². The average molecular weight is 337 g/mol. The molecular weight excluding hydrogens is 318 g/mol. The molecule has 0 aromatic carbocycles. The highest BCUT2D eigenvalue weighted by Crippen LogP contribution is 2.40. The maximum absolute atomic E-state index is 12.5. The Balaban J connectivity index is 2.43. The van der Waals surface area contributed by atoms with E-state index in [0.717, 1.165) is 4.88 Å². The van der Waals surface area contributed by atoms with E-state index in [9.17, 15) is 14.7 Å². The Kier molecular flexibility index (Phi) is 5.57. The highest BCUT2D eigenvalue weighted by Gasteiger charge is 2.37. The van der Waals surface area contributed by atoms with Crippen molar-refractivity contribution in [2.45, 2.75) is 19.8 Å². The zero-order valence-corrected chi connectivity index (χ0v) is 14.0. The van der Waals surface area contributed by atoms with Gasteiger partial charge in [-0.3, -0.25) is 0 Å². The maximum atomic E-state index is 12.5. The first-order chi connectivity index (χ1) is 11.0. The number of hydrogen-bond donors (Lipinski definition) is 2. The molecule has 6 nitrogen and oxygen atoms in total. The number of carboxylic acid groups (broad SMARTS) is 1. The molecule has 2 N–H and O–H groups in total. The third kappa shape index (κ3) is 3.62. The lowest BCUT2D eigenvalue weighted by molar-refractivity contribution is -0.140. The van der Waals surface area contributed by atoms with Gasteiger partial charge < -0.3 is 19.9 Å². The Morgan fingerprint density at radius 3 is 2.52 bits per heavy atom. The minimum atomic E-state index is -1.05. The lowest BCUT2D eigenvalue weighted by Gasteiger charge is -2.28. The van der Waals surface area contributed by atoms with Crippen LogP contribution in [0.2, 0.25) is 0 Å². The van der Waals surface area contributed by atoms with E-state index in [1.165, 1.54) is 18.4 Å². The van der Waals surface area contributed by atoms with Gasteiger partial charge in [0, 0.05) is 23.4 Å². The molecule has 1 aromatic heterocycles. The normalized spacial score (nSPS) is 18.0. The Bertz CT molecular complexity index is 660. The minimum absolute atomic E-state index is 0.119. The summed E-state index contributed by atoms with van der Waals surface area (Å²) in [4.78, 5) is 25.0. The molecule has 0 aliphatic carbocycles. The van der Waals surface area contributed by atoms with E-state index >= 15 is 0 Å². The molecule has 23 heavy (non-hydrogen) atoms. The van der Waals surface area contributed by atoms with E-state index in [1.807, 2.05) is 17.5 Å². The van der Waals surface area contributed by atoms with Gasteiger partial charge in [0.05, 0.1) is 23.7 Å². The quantitative estimate of drug-likeness (QED) is 0.612. The molecule has 0 saturated carbocycles. The molecule has 0 saturated heterocycles. The number of carbonyl (C=O) groups excluding carboxylic acids is 1. The van der Waals surface area contributed by atoms with Crippen LogP contribution in [0.15, 0.2) is 40.1 Å². The molecule has 0 radical (unpaired) electrons. The number of dihydropyridines is 1. The van der Waals surface area contributed by atoms with Crippen LogP contribution in [0.3, 0.4) is 0 Å². The number of carboxylic acids is 1. The van der Waals surface area contributed by atoms with Crippen molar-refractivity contribution in [1.82, 2.24) is 5.32 Å². The van der Waals surface area contributed by atoms with Gasteiger partial charge in [0.1, 0.15) is 6.61 Å². The summed E-state index contributed by atoms with van der Waals surface area (Å²) in [6.45, 7) is 3.85. The average Bonchev–Trinajstić information content (AvgIpc) is 2.99. The van der Waals surface area contributed by atoms with Crippen molar-refractivity contribution in [3.05, 3.63) is 44.9 Å². The van der Waals surface area contributed by atoms with Gasteiger partial charge in [0.2, 0.25) is 0 Å². The summed E-state index contributed by atoms with van der Waals surface area (Å²) in [5.74, 6) is -2.22. The molecule has 0 amide bonds. The molecule has 0 fully saturated rings. The van der Waals surface area contributed by atoms with Gasteiger partial charge in [-0.2, -0.15) is 0 Å². The topological polar surface area (TPSA) is 84.9 Å².